The zero-order valence-corrected chi connectivity index (χ0v) is 14.9. The average molecular weight is 364 g/mol. The number of hydrogen-bond acceptors (Lipinski definition) is 5. The molecule has 0 amide bonds. The lowest BCUT2D eigenvalue weighted by Gasteiger charge is -2.12. The Hall–Kier alpha value is -4.06. The number of benzene rings is 2. The van der Waals surface area contributed by atoms with Crippen molar-refractivity contribution >= 4 is 22.4 Å². The lowest BCUT2D eigenvalue weighted by Crippen LogP contribution is -2.00. The summed E-state index contributed by atoms with van der Waals surface area (Å²) in [7, 11) is 0. The van der Waals surface area contributed by atoms with Gasteiger partial charge in [-0.1, -0.05) is 12.1 Å². The number of para-hydroxylation sites is 1. The molecule has 5 aromatic rings. The molecule has 0 fully saturated rings. The zero-order valence-electron chi connectivity index (χ0n) is 14.9. The van der Waals surface area contributed by atoms with Gasteiger partial charge in [-0.05, 0) is 48.5 Å². The van der Waals surface area contributed by atoms with Gasteiger partial charge in [-0.25, -0.2) is 15.0 Å². The Labute approximate surface area is 161 Å². The summed E-state index contributed by atoms with van der Waals surface area (Å²) in [5.41, 5.74) is 3.82. The number of nitrogens with zero attached hydrogens (tertiary/aromatic N) is 5. The van der Waals surface area contributed by atoms with Crippen LogP contribution in [0.15, 0.2) is 91.8 Å². The van der Waals surface area contributed by atoms with Gasteiger partial charge in [0.15, 0.2) is 5.82 Å². The third-order valence-electron chi connectivity index (χ3n) is 4.47. The molecule has 0 saturated heterocycles. The van der Waals surface area contributed by atoms with Crippen molar-refractivity contribution in [2.45, 2.75) is 0 Å². The van der Waals surface area contributed by atoms with Crippen molar-refractivity contribution in [2.75, 3.05) is 5.32 Å². The predicted octanol–water partition coefficient (Wildman–Crippen LogP) is 4.62. The number of rotatable bonds is 4. The van der Waals surface area contributed by atoms with Gasteiger partial charge in [0.1, 0.15) is 5.82 Å². The normalized spacial score (nSPS) is 10.9. The van der Waals surface area contributed by atoms with Crippen LogP contribution in [-0.4, -0.2) is 24.5 Å². The van der Waals surface area contributed by atoms with E-state index >= 15 is 0 Å². The zero-order chi connectivity index (χ0) is 18.8. The predicted molar refractivity (Wildman–Crippen MR) is 110 cm³/mol. The molecule has 0 bridgehead atoms. The maximum Gasteiger partial charge on any atom is 0.162 e. The first-order valence-electron chi connectivity index (χ1n) is 8.89. The Balaban J connectivity index is 1.54. The molecule has 2 aromatic carbocycles. The van der Waals surface area contributed by atoms with Crippen molar-refractivity contribution in [2.24, 2.45) is 0 Å². The molecule has 0 saturated carbocycles. The van der Waals surface area contributed by atoms with E-state index in [1.165, 1.54) is 0 Å². The van der Waals surface area contributed by atoms with Crippen molar-refractivity contribution in [1.82, 2.24) is 24.5 Å². The summed E-state index contributed by atoms with van der Waals surface area (Å²) < 4.78 is 1.96. The average Bonchev–Trinajstić information content (AvgIpc) is 3.30. The molecule has 6 heteroatoms. The van der Waals surface area contributed by atoms with Crippen LogP contribution in [-0.2, 0) is 0 Å². The molecule has 3 aromatic heterocycles. The molecular formula is C22H16N6. The topological polar surface area (TPSA) is 68.5 Å². The van der Waals surface area contributed by atoms with Gasteiger partial charge in [0, 0.05) is 47.1 Å². The quantitative estimate of drug-likeness (QED) is 0.504. The van der Waals surface area contributed by atoms with Gasteiger partial charge in [-0.15, -0.1) is 0 Å². The standard InChI is InChI=1S/C22H16N6/c1-2-4-20-19(3-1)22(27-21(26-20)16-9-11-23-12-10-16)25-17-5-7-18(8-6-17)28-14-13-24-15-28/h1-15H,(H,25,26,27). The largest absolute Gasteiger partial charge is 0.340 e. The van der Waals surface area contributed by atoms with E-state index in [2.05, 4.69) is 15.3 Å². The molecule has 0 radical (unpaired) electrons. The van der Waals surface area contributed by atoms with Crippen molar-refractivity contribution in [1.29, 1.82) is 0 Å². The summed E-state index contributed by atoms with van der Waals surface area (Å²) in [6.07, 6.45) is 8.95. The molecule has 28 heavy (non-hydrogen) atoms. The first kappa shape index (κ1) is 16.1. The van der Waals surface area contributed by atoms with Gasteiger partial charge < -0.3 is 9.88 Å². The van der Waals surface area contributed by atoms with Gasteiger partial charge in [0.2, 0.25) is 0 Å². The van der Waals surface area contributed by atoms with E-state index in [1.54, 1.807) is 24.9 Å². The van der Waals surface area contributed by atoms with Crippen molar-refractivity contribution in [3.63, 3.8) is 0 Å². The molecule has 0 aliphatic carbocycles. The number of pyridine rings is 1. The summed E-state index contributed by atoms with van der Waals surface area (Å²) in [4.78, 5) is 17.6. The van der Waals surface area contributed by atoms with Crippen LogP contribution in [0.3, 0.4) is 0 Å². The van der Waals surface area contributed by atoms with E-state index in [1.807, 2.05) is 71.4 Å². The first-order chi connectivity index (χ1) is 13.9. The van der Waals surface area contributed by atoms with E-state index in [4.69, 9.17) is 9.97 Å². The van der Waals surface area contributed by atoms with Crippen LogP contribution in [0.25, 0.3) is 28.0 Å². The Morgan fingerprint density at radius 1 is 0.750 bits per heavy atom. The maximum absolute atomic E-state index is 4.77. The lowest BCUT2D eigenvalue weighted by molar-refractivity contribution is 1.06. The first-order valence-corrected chi connectivity index (χ1v) is 8.89. The third kappa shape index (κ3) is 3.07. The molecular weight excluding hydrogens is 348 g/mol. The highest BCUT2D eigenvalue weighted by Crippen LogP contribution is 2.27. The highest BCUT2D eigenvalue weighted by atomic mass is 15.0. The number of hydrogen-bond donors (Lipinski definition) is 1. The van der Waals surface area contributed by atoms with E-state index in [0.29, 0.717) is 5.82 Å². The molecule has 1 N–H and O–H groups in total. The molecule has 0 atom stereocenters. The fraction of sp³-hybridized carbons (Fsp3) is 0. The Morgan fingerprint density at radius 3 is 2.36 bits per heavy atom. The minimum Gasteiger partial charge on any atom is -0.340 e. The van der Waals surface area contributed by atoms with Gasteiger partial charge in [0.25, 0.3) is 0 Å². The van der Waals surface area contributed by atoms with E-state index in [9.17, 15) is 0 Å². The van der Waals surface area contributed by atoms with Crippen molar-refractivity contribution < 1.29 is 0 Å². The smallest absolute Gasteiger partial charge is 0.162 e. The Morgan fingerprint density at radius 2 is 1.57 bits per heavy atom. The van der Waals surface area contributed by atoms with Crippen LogP contribution in [0, 0.1) is 0 Å². The molecule has 134 valence electrons. The molecule has 6 nitrogen and oxygen atoms in total. The van der Waals surface area contributed by atoms with Crippen LogP contribution in [0.2, 0.25) is 0 Å². The minimum absolute atomic E-state index is 0.665. The van der Waals surface area contributed by atoms with Gasteiger partial charge >= 0.3 is 0 Å². The Kier molecular flexibility index (Phi) is 3.99. The fourth-order valence-corrected chi connectivity index (χ4v) is 3.07. The summed E-state index contributed by atoms with van der Waals surface area (Å²) in [5.74, 6) is 1.44. The second-order valence-corrected chi connectivity index (χ2v) is 6.29. The van der Waals surface area contributed by atoms with Crippen LogP contribution < -0.4 is 5.32 Å². The molecule has 0 aliphatic heterocycles. The van der Waals surface area contributed by atoms with Crippen molar-refractivity contribution in [3.05, 3.63) is 91.8 Å². The third-order valence-corrected chi connectivity index (χ3v) is 4.47. The molecule has 3 heterocycles. The number of aromatic nitrogens is 5. The number of imidazole rings is 1. The van der Waals surface area contributed by atoms with E-state index < -0.39 is 0 Å². The SMILES string of the molecule is c1ccc2c(Nc3ccc(-n4ccnc4)cc3)nc(-c3ccncc3)nc2c1. The number of fused-ring (bicyclic) bond motifs is 1. The lowest BCUT2D eigenvalue weighted by atomic mass is 10.2. The monoisotopic (exact) mass is 364 g/mol. The summed E-state index contributed by atoms with van der Waals surface area (Å²) in [6, 6.07) is 19.9. The van der Waals surface area contributed by atoms with Crippen LogP contribution in [0.5, 0.6) is 0 Å². The van der Waals surface area contributed by atoms with Crippen LogP contribution in [0.4, 0.5) is 11.5 Å². The molecule has 0 spiro atoms. The van der Waals surface area contributed by atoms with Gasteiger partial charge in [0.05, 0.1) is 11.8 Å². The summed E-state index contributed by atoms with van der Waals surface area (Å²) in [5, 5.41) is 4.41. The van der Waals surface area contributed by atoms with E-state index in [0.717, 1.165) is 33.7 Å². The van der Waals surface area contributed by atoms with Gasteiger partial charge in [-0.3, -0.25) is 4.98 Å². The van der Waals surface area contributed by atoms with E-state index in [-0.39, 0.29) is 0 Å². The summed E-state index contributed by atoms with van der Waals surface area (Å²) in [6.45, 7) is 0. The maximum atomic E-state index is 4.77. The number of nitrogens with one attached hydrogen (secondary N) is 1. The Bertz CT molecular complexity index is 1220. The van der Waals surface area contributed by atoms with Crippen LogP contribution in [0.1, 0.15) is 0 Å². The highest BCUT2D eigenvalue weighted by Gasteiger charge is 2.09. The molecule has 0 aliphatic rings. The number of anilines is 2. The summed E-state index contributed by atoms with van der Waals surface area (Å²) >= 11 is 0. The minimum atomic E-state index is 0.665. The van der Waals surface area contributed by atoms with Crippen molar-refractivity contribution in [3.8, 4) is 17.1 Å². The van der Waals surface area contributed by atoms with Crippen LogP contribution >= 0.6 is 0 Å². The highest BCUT2D eigenvalue weighted by molar-refractivity contribution is 5.92. The molecule has 0 unspecified atom stereocenters. The second-order valence-electron chi connectivity index (χ2n) is 6.29. The van der Waals surface area contributed by atoms with Gasteiger partial charge in [-0.2, -0.15) is 0 Å². The molecule has 5 rings (SSSR count). The fourth-order valence-electron chi connectivity index (χ4n) is 3.07. The second kappa shape index (κ2) is 6.92.